The second-order valence-electron chi connectivity index (χ2n) is 4.98. The van der Waals surface area contributed by atoms with E-state index in [0.29, 0.717) is 28.4 Å². The Morgan fingerprint density at radius 2 is 2.10 bits per heavy atom. The molecule has 3 rings (SSSR count). The van der Waals surface area contributed by atoms with Gasteiger partial charge in [-0.3, -0.25) is 0 Å². The first-order valence-corrected chi connectivity index (χ1v) is 7.49. The van der Waals surface area contributed by atoms with E-state index in [2.05, 4.69) is 29.9 Å². The molecule has 2 aromatic heterocycles. The third-order valence-electron chi connectivity index (χ3n) is 3.14. The SMILES string of the molecule is COc1[c]c2cccc(F)c2nc1-c1csc(C(C)C)n1. The maximum atomic E-state index is 13.9. The van der Waals surface area contributed by atoms with Crippen LogP contribution in [0.1, 0.15) is 24.8 Å². The molecule has 1 aromatic carbocycles. The molecule has 2 heterocycles. The molecule has 0 spiro atoms. The molecule has 3 aromatic rings. The van der Waals surface area contributed by atoms with Crippen molar-refractivity contribution in [3.05, 3.63) is 40.5 Å². The fourth-order valence-corrected chi connectivity index (χ4v) is 2.88. The highest BCUT2D eigenvalue weighted by molar-refractivity contribution is 7.10. The number of para-hydroxylation sites is 1. The van der Waals surface area contributed by atoms with Crippen molar-refractivity contribution < 1.29 is 9.13 Å². The van der Waals surface area contributed by atoms with E-state index < -0.39 is 0 Å². The van der Waals surface area contributed by atoms with Gasteiger partial charge < -0.3 is 4.74 Å². The highest BCUT2D eigenvalue weighted by atomic mass is 32.1. The quantitative estimate of drug-likeness (QED) is 0.718. The maximum absolute atomic E-state index is 13.9. The standard InChI is InChI=1S/C16H14FN2OS/c1-9(2)16-18-12(8-21-16)15-13(20-3)7-10-5-4-6-11(17)14(10)19-15/h4-6,8-9H,1-3H3. The number of benzene rings is 1. The number of fused-ring (bicyclic) bond motifs is 1. The molecule has 0 saturated heterocycles. The molecule has 0 aliphatic carbocycles. The van der Waals surface area contributed by atoms with Crippen LogP contribution in [0, 0.1) is 11.9 Å². The van der Waals surface area contributed by atoms with Crippen LogP contribution in [-0.4, -0.2) is 17.1 Å². The van der Waals surface area contributed by atoms with Crippen LogP contribution in [0.3, 0.4) is 0 Å². The predicted molar refractivity (Wildman–Crippen MR) is 82.3 cm³/mol. The van der Waals surface area contributed by atoms with Gasteiger partial charge >= 0.3 is 0 Å². The Morgan fingerprint density at radius 3 is 2.76 bits per heavy atom. The lowest BCUT2D eigenvalue weighted by Gasteiger charge is -2.07. The van der Waals surface area contributed by atoms with Gasteiger partial charge in [0.15, 0.2) is 5.75 Å². The molecule has 0 bridgehead atoms. The predicted octanol–water partition coefficient (Wildman–Crippen LogP) is 4.43. The maximum Gasteiger partial charge on any atom is 0.155 e. The van der Waals surface area contributed by atoms with E-state index in [9.17, 15) is 4.39 Å². The van der Waals surface area contributed by atoms with Crippen LogP contribution in [0.5, 0.6) is 5.75 Å². The van der Waals surface area contributed by atoms with Crippen molar-refractivity contribution in [2.75, 3.05) is 7.11 Å². The number of hydrogen-bond donors (Lipinski definition) is 0. The Bertz CT molecular complexity index is 798. The molecule has 0 aliphatic heterocycles. The van der Waals surface area contributed by atoms with Gasteiger partial charge in [0.1, 0.15) is 22.7 Å². The normalized spacial score (nSPS) is 11.3. The highest BCUT2D eigenvalue weighted by Gasteiger charge is 2.16. The lowest BCUT2D eigenvalue weighted by atomic mass is 10.1. The average Bonchev–Trinajstić information content (AvgIpc) is 2.96. The molecule has 0 N–H and O–H groups in total. The van der Waals surface area contributed by atoms with Gasteiger partial charge in [0.05, 0.1) is 12.1 Å². The van der Waals surface area contributed by atoms with Crippen LogP contribution in [0.15, 0.2) is 23.6 Å². The molecule has 1 radical (unpaired) electrons. The monoisotopic (exact) mass is 301 g/mol. The van der Waals surface area contributed by atoms with Gasteiger partial charge in [-0.1, -0.05) is 26.0 Å². The first-order valence-electron chi connectivity index (χ1n) is 6.61. The van der Waals surface area contributed by atoms with Gasteiger partial charge in [-0.15, -0.1) is 11.3 Å². The summed E-state index contributed by atoms with van der Waals surface area (Å²) in [5.41, 5.74) is 1.51. The number of thiazole rings is 1. The molecule has 0 unspecified atom stereocenters. The van der Waals surface area contributed by atoms with Crippen LogP contribution in [-0.2, 0) is 0 Å². The number of aromatic nitrogens is 2. The van der Waals surface area contributed by atoms with Crippen LogP contribution in [0.25, 0.3) is 22.3 Å². The second kappa shape index (κ2) is 5.41. The number of nitrogens with zero attached hydrogens (tertiary/aromatic N) is 2. The zero-order chi connectivity index (χ0) is 15.0. The first-order chi connectivity index (χ1) is 10.1. The van der Waals surface area contributed by atoms with Crippen molar-refractivity contribution in [2.24, 2.45) is 0 Å². The molecular formula is C16H14FN2OS. The zero-order valence-electron chi connectivity index (χ0n) is 12.0. The minimum absolute atomic E-state index is 0.285. The van der Waals surface area contributed by atoms with Gasteiger partial charge in [0, 0.05) is 22.8 Å². The van der Waals surface area contributed by atoms with Crippen molar-refractivity contribution in [3.63, 3.8) is 0 Å². The molecule has 21 heavy (non-hydrogen) atoms. The number of methoxy groups -OCH3 is 1. The Labute approximate surface area is 126 Å². The van der Waals surface area contributed by atoms with Gasteiger partial charge in [0.2, 0.25) is 0 Å². The van der Waals surface area contributed by atoms with E-state index in [1.165, 1.54) is 6.07 Å². The van der Waals surface area contributed by atoms with E-state index in [4.69, 9.17) is 4.74 Å². The Hall–Kier alpha value is -2.01. The second-order valence-corrected chi connectivity index (χ2v) is 5.87. The van der Waals surface area contributed by atoms with Gasteiger partial charge in [-0.05, 0) is 6.07 Å². The Morgan fingerprint density at radius 1 is 1.29 bits per heavy atom. The summed E-state index contributed by atoms with van der Waals surface area (Å²) < 4.78 is 19.3. The minimum Gasteiger partial charge on any atom is -0.494 e. The van der Waals surface area contributed by atoms with Crippen LogP contribution >= 0.6 is 11.3 Å². The van der Waals surface area contributed by atoms with Crippen LogP contribution < -0.4 is 4.74 Å². The Kier molecular flexibility index (Phi) is 3.59. The van der Waals surface area contributed by atoms with Crippen molar-refractivity contribution in [3.8, 4) is 17.1 Å². The number of pyridine rings is 1. The summed E-state index contributed by atoms with van der Waals surface area (Å²) >= 11 is 1.57. The fraction of sp³-hybridized carbons (Fsp3) is 0.250. The lowest BCUT2D eigenvalue weighted by molar-refractivity contribution is 0.414. The molecule has 0 fully saturated rings. The molecular weight excluding hydrogens is 287 g/mol. The number of hydrogen-bond acceptors (Lipinski definition) is 4. The van der Waals surface area contributed by atoms with Crippen molar-refractivity contribution in [2.45, 2.75) is 19.8 Å². The molecule has 3 nitrogen and oxygen atoms in total. The third-order valence-corrected chi connectivity index (χ3v) is 4.28. The van der Waals surface area contributed by atoms with Gasteiger partial charge in [-0.2, -0.15) is 0 Å². The molecule has 0 aliphatic rings. The molecule has 107 valence electrons. The fourth-order valence-electron chi connectivity index (χ4n) is 2.06. The minimum atomic E-state index is -0.369. The number of ether oxygens (including phenoxy) is 1. The zero-order valence-corrected chi connectivity index (χ0v) is 12.8. The first kappa shape index (κ1) is 13.9. The summed E-state index contributed by atoms with van der Waals surface area (Å²) in [6.45, 7) is 4.17. The lowest BCUT2D eigenvalue weighted by Crippen LogP contribution is -1.95. The van der Waals surface area contributed by atoms with E-state index in [1.807, 2.05) is 5.38 Å². The summed E-state index contributed by atoms with van der Waals surface area (Å²) in [6, 6.07) is 7.85. The van der Waals surface area contributed by atoms with E-state index in [-0.39, 0.29) is 11.3 Å². The Balaban J connectivity index is 2.22. The van der Waals surface area contributed by atoms with E-state index >= 15 is 0 Å². The van der Waals surface area contributed by atoms with E-state index in [1.54, 1.807) is 30.6 Å². The smallest absolute Gasteiger partial charge is 0.155 e. The van der Waals surface area contributed by atoms with E-state index in [0.717, 1.165) is 5.01 Å². The van der Waals surface area contributed by atoms with Crippen LogP contribution in [0.4, 0.5) is 4.39 Å². The summed E-state index contributed by atoms with van der Waals surface area (Å²) in [4.78, 5) is 8.96. The van der Waals surface area contributed by atoms with Crippen molar-refractivity contribution in [1.29, 1.82) is 0 Å². The van der Waals surface area contributed by atoms with Crippen LogP contribution in [0.2, 0.25) is 0 Å². The van der Waals surface area contributed by atoms with Crippen molar-refractivity contribution >= 4 is 22.2 Å². The molecule has 0 amide bonds. The van der Waals surface area contributed by atoms with Crippen molar-refractivity contribution in [1.82, 2.24) is 9.97 Å². The molecule has 0 atom stereocenters. The number of halogens is 1. The molecule has 5 heteroatoms. The van der Waals surface area contributed by atoms with Gasteiger partial charge in [-0.25, -0.2) is 14.4 Å². The summed E-state index contributed by atoms with van der Waals surface area (Å²) in [5.74, 6) is 0.455. The largest absolute Gasteiger partial charge is 0.494 e. The summed E-state index contributed by atoms with van der Waals surface area (Å²) in [7, 11) is 1.55. The number of rotatable bonds is 3. The molecule has 0 saturated carbocycles. The highest BCUT2D eigenvalue weighted by Crippen LogP contribution is 2.33. The summed E-state index contributed by atoms with van der Waals surface area (Å²) in [5, 5.41) is 3.53. The van der Waals surface area contributed by atoms with Gasteiger partial charge in [0.25, 0.3) is 0 Å². The summed E-state index contributed by atoms with van der Waals surface area (Å²) in [6.07, 6.45) is 0. The average molecular weight is 301 g/mol. The topological polar surface area (TPSA) is 35.0 Å². The third kappa shape index (κ3) is 2.49.